The molecule has 1 aliphatic heterocycles. The fourth-order valence-corrected chi connectivity index (χ4v) is 3.31. The zero-order valence-electron chi connectivity index (χ0n) is 12.4. The standard InChI is InChI=1S/C19H18N2O/c1-12-10-16-14-4-2-3-5-18(14)21-19(16)8-9-20-17-7-6-13(22)11-15(12)17/h2-11,14,18,20-22H,1H3. The van der Waals surface area contributed by atoms with Crippen LogP contribution in [0.5, 0.6) is 5.75 Å². The van der Waals surface area contributed by atoms with Crippen molar-refractivity contribution in [1.29, 1.82) is 0 Å². The van der Waals surface area contributed by atoms with Gasteiger partial charge in [-0.3, -0.25) is 0 Å². The topological polar surface area (TPSA) is 48.0 Å². The van der Waals surface area contributed by atoms with Crippen molar-refractivity contribution in [1.82, 2.24) is 4.98 Å². The number of aromatic amines is 1. The van der Waals surface area contributed by atoms with E-state index in [4.69, 9.17) is 0 Å². The van der Waals surface area contributed by atoms with Gasteiger partial charge in [0.1, 0.15) is 5.75 Å². The number of aromatic nitrogens is 1. The molecule has 0 bridgehead atoms. The van der Waals surface area contributed by atoms with Gasteiger partial charge in [-0.05, 0) is 42.3 Å². The van der Waals surface area contributed by atoms with Gasteiger partial charge in [-0.1, -0.05) is 30.4 Å². The number of fused-ring (bicyclic) bond motifs is 4. The van der Waals surface area contributed by atoms with Gasteiger partial charge in [-0.25, -0.2) is 0 Å². The van der Waals surface area contributed by atoms with Crippen LogP contribution in [0.4, 0.5) is 5.69 Å². The molecule has 3 heteroatoms. The first-order valence-electron chi connectivity index (χ1n) is 7.53. The van der Waals surface area contributed by atoms with E-state index < -0.39 is 0 Å². The maximum Gasteiger partial charge on any atom is 0.116 e. The highest BCUT2D eigenvalue weighted by molar-refractivity contribution is 5.83. The average molecular weight is 290 g/mol. The van der Waals surface area contributed by atoms with E-state index in [-0.39, 0.29) is 5.75 Å². The molecule has 1 aromatic carbocycles. The van der Waals surface area contributed by atoms with Crippen molar-refractivity contribution in [3.63, 3.8) is 0 Å². The van der Waals surface area contributed by atoms with Gasteiger partial charge >= 0.3 is 0 Å². The minimum absolute atomic E-state index is 0.286. The normalized spacial score (nSPS) is 21.1. The van der Waals surface area contributed by atoms with Crippen molar-refractivity contribution in [2.24, 2.45) is 0 Å². The molecule has 22 heavy (non-hydrogen) atoms. The van der Waals surface area contributed by atoms with Crippen LogP contribution in [0.15, 0.2) is 60.8 Å². The lowest BCUT2D eigenvalue weighted by atomic mass is 9.91. The zero-order valence-corrected chi connectivity index (χ0v) is 12.4. The monoisotopic (exact) mass is 290 g/mol. The molecule has 2 atom stereocenters. The molecule has 2 aromatic rings. The molecule has 0 saturated carbocycles. The molecular weight excluding hydrogens is 272 g/mol. The number of anilines is 1. The van der Waals surface area contributed by atoms with Gasteiger partial charge in [-0.15, -0.1) is 0 Å². The highest BCUT2D eigenvalue weighted by atomic mass is 16.3. The summed E-state index contributed by atoms with van der Waals surface area (Å²) in [5, 5.41) is 14.4. The number of aryl methyl sites for hydroxylation is 1. The molecule has 1 aromatic heterocycles. The first-order chi connectivity index (χ1) is 10.7. The summed E-state index contributed by atoms with van der Waals surface area (Å²) in [4.78, 5) is 3.31. The molecule has 110 valence electrons. The molecule has 0 fully saturated rings. The Morgan fingerprint density at radius 1 is 1.05 bits per heavy atom. The van der Waals surface area contributed by atoms with Gasteiger partial charge in [0.05, 0.1) is 6.04 Å². The van der Waals surface area contributed by atoms with Gasteiger partial charge in [0.15, 0.2) is 0 Å². The first-order valence-corrected chi connectivity index (χ1v) is 7.53. The van der Waals surface area contributed by atoms with Crippen molar-refractivity contribution >= 4 is 16.6 Å². The number of allylic oxidation sites excluding steroid dienone is 2. The summed E-state index contributed by atoms with van der Waals surface area (Å²) < 4.78 is 0. The Morgan fingerprint density at radius 2 is 1.91 bits per heavy atom. The lowest BCUT2D eigenvalue weighted by Gasteiger charge is -2.15. The van der Waals surface area contributed by atoms with Gasteiger partial charge in [0, 0.05) is 28.7 Å². The van der Waals surface area contributed by atoms with Crippen LogP contribution in [0.2, 0.25) is 0 Å². The molecule has 3 nitrogen and oxygen atoms in total. The molecule has 0 radical (unpaired) electrons. The van der Waals surface area contributed by atoms with Crippen LogP contribution < -0.4 is 5.32 Å². The van der Waals surface area contributed by atoms with E-state index in [1.165, 1.54) is 5.56 Å². The minimum atomic E-state index is 0.286. The summed E-state index contributed by atoms with van der Waals surface area (Å²) in [7, 11) is 0. The third-order valence-electron chi connectivity index (χ3n) is 4.42. The van der Waals surface area contributed by atoms with Crippen LogP contribution in [0.3, 0.4) is 0 Å². The van der Waals surface area contributed by atoms with Gasteiger partial charge < -0.3 is 15.4 Å². The second-order valence-corrected chi connectivity index (χ2v) is 5.87. The second-order valence-electron chi connectivity index (χ2n) is 5.87. The van der Waals surface area contributed by atoms with E-state index in [9.17, 15) is 5.11 Å². The van der Waals surface area contributed by atoms with Crippen molar-refractivity contribution in [3.05, 3.63) is 72.0 Å². The lowest BCUT2D eigenvalue weighted by molar-refractivity contribution is 0.476. The van der Waals surface area contributed by atoms with E-state index in [1.807, 2.05) is 18.3 Å². The quantitative estimate of drug-likeness (QED) is 0.677. The highest BCUT2D eigenvalue weighted by Gasteiger charge is 2.28. The second kappa shape index (κ2) is 4.95. The maximum atomic E-state index is 9.80. The number of nitrogens with one attached hydrogen (secondary N) is 2. The van der Waals surface area contributed by atoms with Crippen molar-refractivity contribution in [2.75, 3.05) is 5.32 Å². The van der Waals surface area contributed by atoms with Crippen LogP contribution in [0.25, 0.3) is 10.9 Å². The Hall–Kier alpha value is -2.68. The van der Waals surface area contributed by atoms with Crippen LogP contribution in [0.1, 0.15) is 17.0 Å². The maximum absolute atomic E-state index is 9.80. The average Bonchev–Trinajstić information content (AvgIpc) is 2.88. The molecule has 2 heterocycles. The highest BCUT2D eigenvalue weighted by Crippen LogP contribution is 2.38. The molecule has 2 aliphatic rings. The van der Waals surface area contributed by atoms with Crippen molar-refractivity contribution in [3.8, 4) is 5.75 Å². The third kappa shape index (κ3) is 2.06. The van der Waals surface area contributed by atoms with Gasteiger partial charge in [0.2, 0.25) is 0 Å². The van der Waals surface area contributed by atoms with Crippen LogP contribution in [-0.2, 0) is 0 Å². The smallest absolute Gasteiger partial charge is 0.116 e. The van der Waals surface area contributed by atoms with Gasteiger partial charge in [-0.2, -0.15) is 0 Å². The molecule has 4 rings (SSSR count). The molecule has 1 aliphatic carbocycles. The summed E-state index contributed by atoms with van der Waals surface area (Å²) in [6.07, 6.45) is 10.6. The van der Waals surface area contributed by atoms with Crippen molar-refractivity contribution < 1.29 is 5.11 Å². The van der Waals surface area contributed by atoms with E-state index in [0.717, 1.165) is 22.2 Å². The third-order valence-corrected chi connectivity index (χ3v) is 4.42. The van der Waals surface area contributed by atoms with E-state index in [2.05, 4.69) is 53.7 Å². The fraction of sp³-hybridized carbons (Fsp3) is 0.158. The molecule has 0 spiro atoms. The Morgan fingerprint density at radius 3 is 2.82 bits per heavy atom. The summed E-state index contributed by atoms with van der Waals surface area (Å²) in [6.45, 7) is 2.09. The molecule has 0 saturated heterocycles. The van der Waals surface area contributed by atoms with Gasteiger partial charge in [0.25, 0.3) is 0 Å². The number of phenols is 1. The predicted octanol–water partition coefficient (Wildman–Crippen LogP) is 4.31. The minimum Gasteiger partial charge on any atom is -0.508 e. The number of benzene rings is 1. The number of H-pyrrole nitrogens is 1. The first kappa shape index (κ1) is 13.0. The Labute approximate surface area is 129 Å². The van der Waals surface area contributed by atoms with Crippen LogP contribution in [-0.4, -0.2) is 16.1 Å². The summed E-state index contributed by atoms with van der Waals surface area (Å²) in [6, 6.07) is 10.1. The zero-order chi connectivity index (χ0) is 15.1. The Bertz CT molecular complexity index is 859. The van der Waals surface area contributed by atoms with Crippen LogP contribution in [0, 0.1) is 6.92 Å². The number of rotatable bonds is 0. The predicted molar refractivity (Wildman–Crippen MR) is 90.8 cm³/mol. The summed E-state index contributed by atoms with van der Waals surface area (Å²) in [5.74, 6) is 0.645. The summed E-state index contributed by atoms with van der Waals surface area (Å²) >= 11 is 0. The lowest BCUT2D eigenvalue weighted by Crippen LogP contribution is -2.17. The molecule has 3 N–H and O–H groups in total. The summed E-state index contributed by atoms with van der Waals surface area (Å²) in [5.41, 5.74) is 4.58. The number of hydrogen-bond acceptors (Lipinski definition) is 2. The molecule has 0 amide bonds. The molecule has 2 unspecified atom stereocenters. The Kier molecular flexibility index (Phi) is 2.93. The SMILES string of the molecule is Cc1cc2c(cc[nH]c3ccc(O)cc13)NC1C=CC=CC21. The Balaban J connectivity index is 2.02. The number of aromatic hydroxyl groups is 1. The van der Waals surface area contributed by atoms with Crippen molar-refractivity contribution in [2.45, 2.75) is 18.9 Å². The number of phenolic OH excluding ortho intramolecular Hbond substituents is 1. The molecular formula is C19H18N2O. The van der Waals surface area contributed by atoms with E-state index in [1.54, 1.807) is 6.07 Å². The number of hydrogen-bond donors (Lipinski definition) is 3. The van der Waals surface area contributed by atoms with E-state index >= 15 is 0 Å². The largest absolute Gasteiger partial charge is 0.508 e. The van der Waals surface area contributed by atoms with E-state index in [0.29, 0.717) is 12.0 Å². The fourth-order valence-electron chi connectivity index (χ4n) is 3.31. The van der Waals surface area contributed by atoms with Crippen LogP contribution >= 0.6 is 0 Å².